The highest BCUT2D eigenvalue weighted by molar-refractivity contribution is 7.91. The predicted molar refractivity (Wildman–Crippen MR) is 78.5 cm³/mol. The molecule has 1 aromatic carbocycles. The fraction of sp³-hybridized carbons (Fsp3) is 0.308. The smallest absolute Gasteiger partial charge is 0.341 e. The van der Waals surface area contributed by atoms with E-state index < -0.39 is 20.5 Å². The molecular formula is C13H14F2N2O2S2. The maximum absolute atomic E-state index is 12.7. The number of anilines is 1. The number of alkyl halides is 2. The van der Waals surface area contributed by atoms with E-state index in [1.165, 1.54) is 29.5 Å². The fourth-order valence-electron chi connectivity index (χ4n) is 1.87. The van der Waals surface area contributed by atoms with Gasteiger partial charge in [0.25, 0.3) is 0 Å². The first-order valence-corrected chi connectivity index (χ1v) is 8.46. The number of thiazole rings is 1. The third-order valence-corrected chi connectivity index (χ3v) is 5.24. The summed E-state index contributed by atoms with van der Waals surface area (Å²) < 4.78 is 48.6. The molecule has 0 bridgehead atoms. The summed E-state index contributed by atoms with van der Waals surface area (Å²) in [5, 5.41) is 3.78. The number of benzene rings is 1. The molecule has 0 amide bonds. The summed E-state index contributed by atoms with van der Waals surface area (Å²) in [5.74, 6) is -3.44. The normalized spacial score (nSPS) is 11.9. The quantitative estimate of drug-likeness (QED) is 0.912. The van der Waals surface area contributed by atoms with Crippen LogP contribution in [0.25, 0.3) is 0 Å². The van der Waals surface area contributed by atoms with Crippen molar-refractivity contribution in [3.8, 4) is 0 Å². The molecule has 8 heteroatoms. The third kappa shape index (κ3) is 3.38. The minimum absolute atomic E-state index is 0.155. The molecule has 1 N–H and O–H groups in total. The highest BCUT2D eigenvalue weighted by Crippen LogP contribution is 2.27. The molecule has 0 fully saturated rings. The number of aromatic nitrogens is 1. The second-order valence-electron chi connectivity index (χ2n) is 4.39. The average molecular weight is 332 g/mol. The van der Waals surface area contributed by atoms with Gasteiger partial charge in [-0.15, -0.1) is 11.3 Å². The van der Waals surface area contributed by atoms with E-state index >= 15 is 0 Å². The number of aryl methyl sites for hydroxylation is 2. The standard InChI is InChI=1S/C13H14F2N2O2S2/c1-8-11(17-9(2)20-8)7-16-10-5-3-4-6-12(10)21(18,19)13(14)15/h3-6,13,16H,7H2,1-2H3. The van der Waals surface area contributed by atoms with E-state index in [1.807, 2.05) is 13.8 Å². The zero-order chi connectivity index (χ0) is 15.6. The summed E-state index contributed by atoms with van der Waals surface area (Å²) in [7, 11) is -4.63. The molecule has 2 rings (SSSR count). The maximum Gasteiger partial charge on any atom is 0.341 e. The average Bonchev–Trinajstić information content (AvgIpc) is 2.74. The Morgan fingerprint density at radius 1 is 1.29 bits per heavy atom. The van der Waals surface area contributed by atoms with E-state index in [0.717, 1.165) is 15.6 Å². The highest BCUT2D eigenvalue weighted by Gasteiger charge is 2.28. The van der Waals surface area contributed by atoms with E-state index in [9.17, 15) is 17.2 Å². The van der Waals surface area contributed by atoms with Gasteiger partial charge in [-0.3, -0.25) is 0 Å². The van der Waals surface area contributed by atoms with Crippen LogP contribution in [0.5, 0.6) is 0 Å². The molecule has 0 saturated heterocycles. The van der Waals surface area contributed by atoms with Crippen LogP contribution in [-0.4, -0.2) is 19.2 Å². The van der Waals surface area contributed by atoms with E-state index in [-0.39, 0.29) is 12.2 Å². The van der Waals surface area contributed by atoms with Gasteiger partial charge in [0.1, 0.15) is 0 Å². The van der Waals surface area contributed by atoms with Crippen LogP contribution in [0.2, 0.25) is 0 Å². The Kier molecular flexibility index (Phi) is 4.58. The van der Waals surface area contributed by atoms with Gasteiger partial charge < -0.3 is 5.32 Å². The lowest BCUT2D eigenvalue weighted by Gasteiger charge is -2.11. The Balaban J connectivity index is 2.28. The van der Waals surface area contributed by atoms with Crippen LogP contribution in [0.3, 0.4) is 0 Å². The number of nitrogens with zero attached hydrogens (tertiary/aromatic N) is 1. The number of nitrogens with one attached hydrogen (secondary N) is 1. The Morgan fingerprint density at radius 2 is 1.95 bits per heavy atom. The molecule has 4 nitrogen and oxygen atoms in total. The third-order valence-electron chi connectivity index (χ3n) is 2.87. The number of halogens is 2. The summed E-state index contributed by atoms with van der Waals surface area (Å²) in [4.78, 5) is 4.92. The predicted octanol–water partition coefficient (Wildman–Crippen LogP) is 3.37. The van der Waals surface area contributed by atoms with Gasteiger partial charge in [0, 0.05) is 4.88 Å². The number of sulfone groups is 1. The number of hydrogen-bond donors (Lipinski definition) is 1. The van der Waals surface area contributed by atoms with Crippen molar-refractivity contribution in [3.63, 3.8) is 0 Å². The number of rotatable bonds is 5. The summed E-state index contributed by atoms with van der Waals surface area (Å²) in [5.41, 5.74) is 0.935. The maximum atomic E-state index is 12.7. The van der Waals surface area contributed by atoms with Crippen molar-refractivity contribution in [3.05, 3.63) is 39.8 Å². The topological polar surface area (TPSA) is 59.1 Å². The first kappa shape index (κ1) is 15.8. The zero-order valence-electron chi connectivity index (χ0n) is 11.4. The summed E-state index contributed by atoms with van der Waals surface area (Å²) in [6.07, 6.45) is 0. The zero-order valence-corrected chi connectivity index (χ0v) is 13.1. The molecule has 0 aliphatic carbocycles. The SMILES string of the molecule is Cc1nc(CNc2ccccc2S(=O)(=O)C(F)F)c(C)s1. The van der Waals surface area contributed by atoms with Crippen molar-refractivity contribution in [1.29, 1.82) is 0 Å². The Hall–Kier alpha value is -1.54. The Bertz CT molecular complexity index is 742. The Morgan fingerprint density at radius 3 is 2.52 bits per heavy atom. The molecule has 0 spiro atoms. The van der Waals surface area contributed by atoms with Gasteiger partial charge in [0.15, 0.2) is 0 Å². The number of hydrogen-bond acceptors (Lipinski definition) is 5. The van der Waals surface area contributed by atoms with E-state index in [1.54, 1.807) is 6.07 Å². The van der Waals surface area contributed by atoms with Crippen LogP contribution in [0.15, 0.2) is 29.2 Å². The molecule has 0 atom stereocenters. The van der Waals surface area contributed by atoms with Crippen molar-refractivity contribution in [2.24, 2.45) is 0 Å². The molecule has 0 aliphatic heterocycles. The van der Waals surface area contributed by atoms with Gasteiger partial charge >= 0.3 is 5.76 Å². The molecule has 114 valence electrons. The molecule has 0 aliphatic rings. The molecule has 2 aromatic rings. The van der Waals surface area contributed by atoms with Crippen LogP contribution in [0.1, 0.15) is 15.6 Å². The van der Waals surface area contributed by atoms with Gasteiger partial charge in [-0.1, -0.05) is 12.1 Å². The monoisotopic (exact) mass is 332 g/mol. The lowest BCUT2D eigenvalue weighted by Crippen LogP contribution is -2.14. The van der Waals surface area contributed by atoms with Crippen molar-refractivity contribution >= 4 is 26.9 Å². The van der Waals surface area contributed by atoms with Crippen LogP contribution >= 0.6 is 11.3 Å². The first-order valence-electron chi connectivity index (χ1n) is 6.10. The van der Waals surface area contributed by atoms with Crippen molar-refractivity contribution in [2.45, 2.75) is 31.0 Å². The second-order valence-corrected chi connectivity index (χ2v) is 7.68. The molecular weight excluding hydrogens is 318 g/mol. The minimum atomic E-state index is -4.63. The molecule has 21 heavy (non-hydrogen) atoms. The molecule has 1 heterocycles. The molecule has 0 radical (unpaired) electrons. The van der Waals surface area contributed by atoms with Gasteiger partial charge in [-0.2, -0.15) is 8.78 Å². The van der Waals surface area contributed by atoms with Crippen molar-refractivity contribution < 1.29 is 17.2 Å². The minimum Gasteiger partial charge on any atom is -0.378 e. The lowest BCUT2D eigenvalue weighted by atomic mass is 10.3. The van der Waals surface area contributed by atoms with Crippen molar-refractivity contribution in [1.82, 2.24) is 4.98 Å². The largest absolute Gasteiger partial charge is 0.378 e. The van der Waals surface area contributed by atoms with Gasteiger partial charge in [0.05, 0.1) is 27.8 Å². The summed E-state index contributed by atoms with van der Waals surface area (Å²) >= 11 is 1.53. The Labute approximate surface area is 125 Å². The van der Waals surface area contributed by atoms with Gasteiger partial charge in [0.2, 0.25) is 9.84 Å². The molecule has 0 saturated carbocycles. The lowest BCUT2D eigenvalue weighted by molar-refractivity contribution is 0.235. The fourth-order valence-corrected chi connectivity index (χ4v) is 3.61. The van der Waals surface area contributed by atoms with E-state index in [0.29, 0.717) is 0 Å². The first-order chi connectivity index (χ1) is 9.82. The van der Waals surface area contributed by atoms with Gasteiger partial charge in [-0.25, -0.2) is 13.4 Å². The van der Waals surface area contributed by atoms with Crippen LogP contribution in [0, 0.1) is 13.8 Å². The molecule has 1 aromatic heterocycles. The van der Waals surface area contributed by atoms with Crippen LogP contribution in [0.4, 0.5) is 14.5 Å². The van der Waals surface area contributed by atoms with Crippen LogP contribution in [-0.2, 0) is 16.4 Å². The van der Waals surface area contributed by atoms with Crippen LogP contribution < -0.4 is 5.32 Å². The highest BCUT2D eigenvalue weighted by atomic mass is 32.2. The molecule has 0 unspecified atom stereocenters. The van der Waals surface area contributed by atoms with E-state index in [2.05, 4.69) is 10.3 Å². The van der Waals surface area contributed by atoms with E-state index in [4.69, 9.17) is 0 Å². The summed E-state index contributed by atoms with van der Waals surface area (Å²) in [6, 6.07) is 5.64. The van der Waals surface area contributed by atoms with Crippen molar-refractivity contribution in [2.75, 3.05) is 5.32 Å². The summed E-state index contributed by atoms with van der Waals surface area (Å²) in [6.45, 7) is 4.06. The number of para-hydroxylation sites is 1. The second kappa shape index (κ2) is 6.07. The van der Waals surface area contributed by atoms with Gasteiger partial charge in [-0.05, 0) is 26.0 Å².